The van der Waals surface area contributed by atoms with E-state index in [1.165, 1.54) is 6.92 Å². The minimum Gasteiger partial charge on any atom is -0.463 e. The van der Waals surface area contributed by atoms with E-state index in [4.69, 9.17) is 9.47 Å². The molecule has 1 aliphatic heterocycles. The van der Waals surface area contributed by atoms with Crippen molar-refractivity contribution in [1.29, 1.82) is 0 Å². The molecule has 3 N–H and O–H groups in total. The zero-order valence-electron chi connectivity index (χ0n) is 11.4. The molecule has 0 aromatic rings. The quantitative estimate of drug-likeness (QED) is 0.534. The summed E-state index contributed by atoms with van der Waals surface area (Å²) in [6.07, 6.45) is -6.37. The molecule has 1 aliphatic rings. The molecule has 0 aromatic carbocycles. The van der Waals surface area contributed by atoms with Gasteiger partial charge in [-0.3, -0.25) is 9.59 Å². The molecule has 1 fully saturated rings. The first-order chi connectivity index (χ1) is 9.36. The predicted octanol–water partition coefficient (Wildman–Crippen LogP) is -1.30. The average molecular weight is 292 g/mol. The van der Waals surface area contributed by atoms with E-state index in [0.29, 0.717) is 6.42 Å². The lowest BCUT2D eigenvalue weighted by Gasteiger charge is -2.39. The van der Waals surface area contributed by atoms with Crippen molar-refractivity contribution in [1.82, 2.24) is 0 Å². The van der Waals surface area contributed by atoms with Gasteiger partial charge >= 0.3 is 11.9 Å². The predicted molar refractivity (Wildman–Crippen MR) is 64.3 cm³/mol. The largest absolute Gasteiger partial charge is 0.463 e. The van der Waals surface area contributed by atoms with Crippen molar-refractivity contribution < 1.29 is 39.1 Å². The molecule has 116 valence electrons. The second-order valence-electron chi connectivity index (χ2n) is 4.55. The van der Waals surface area contributed by atoms with Crippen molar-refractivity contribution in [3.8, 4) is 0 Å². The summed E-state index contributed by atoms with van der Waals surface area (Å²) in [5, 5.41) is 29.4. The van der Waals surface area contributed by atoms with Gasteiger partial charge in [0.25, 0.3) is 0 Å². The van der Waals surface area contributed by atoms with Crippen LogP contribution in [0.1, 0.15) is 26.7 Å². The zero-order chi connectivity index (χ0) is 15.3. The molecule has 8 heteroatoms. The van der Waals surface area contributed by atoms with Crippen molar-refractivity contribution in [3.63, 3.8) is 0 Å². The van der Waals surface area contributed by atoms with Crippen LogP contribution in [0.5, 0.6) is 0 Å². The number of carbonyl (C=O) groups excluding carboxylic acids is 2. The van der Waals surface area contributed by atoms with Gasteiger partial charge in [-0.05, 0) is 6.42 Å². The van der Waals surface area contributed by atoms with Crippen LogP contribution in [0.15, 0.2) is 0 Å². The van der Waals surface area contributed by atoms with Gasteiger partial charge in [-0.2, -0.15) is 0 Å². The smallest absolute Gasteiger partial charge is 0.306 e. The zero-order valence-corrected chi connectivity index (χ0v) is 11.4. The molecule has 1 heterocycles. The molecule has 0 bridgehead atoms. The summed E-state index contributed by atoms with van der Waals surface area (Å²) in [7, 11) is 0. The third-order valence-electron chi connectivity index (χ3n) is 2.84. The average Bonchev–Trinajstić information content (AvgIpc) is 2.37. The fourth-order valence-corrected chi connectivity index (χ4v) is 1.80. The fraction of sp³-hybridized carbons (Fsp3) is 0.833. The fourth-order valence-electron chi connectivity index (χ4n) is 1.80. The number of esters is 2. The first-order valence-electron chi connectivity index (χ1n) is 6.39. The summed E-state index contributed by atoms with van der Waals surface area (Å²) in [6.45, 7) is 2.63. The third kappa shape index (κ3) is 4.41. The molecule has 0 spiro atoms. The molecule has 20 heavy (non-hydrogen) atoms. The van der Waals surface area contributed by atoms with E-state index in [1.54, 1.807) is 6.92 Å². The van der Waals surface area contributed by atoms with Gasteiger partial charge in [-0.25, -0.2) is 0 Å². The molecule has 0 radical (unpaired) electrons. The number of ether oxygens (including phenoxy) is 3. The number of rotatable bonds is 5. The molecular formula is C12H20O8. The molecular weight excluding hydrogens is 272 g/mol. The minimum absolute atomic E-state index is 0.128. The first kappa shape index (κ1) is 16.8. The molecule has 0 aliphatic carbocycles. The highest BCUT2D eigenvalue weighted by Gasteiger charge is 2.46. The van der Waals surface area contributed by atoms with Gasteiger partial charge in [-0.15, -0.1) is 0 Å². The molecule has 0 amide bonds. The molecule has 0 saturated carbocycles. The number of carbonyl (C=O) groups is 2. The van der Waals surface area contributed by atoms with Crippen LogP contribution in [0.4, 0.5) is 0 Å². The maximum atomic E-state index is 11.4. The second kappa shape index (κ2) is 7.53. The number of hydrogen-bond donors (Lipinski definition) is 3. The van der Waals surface area contributed by atoms with Crippen LogP contribution in [-0.4, -0.2) is 64.6 Å². The molecule has 0 aromatic heterocycles. The Bertz CT molecular complexity index is 344. The lowest BCUT2D eigenvalue weighted by Crippen LogP contribution is -2.60. The van der Waals surface area contributed by atoms with Gasteiger partial charge in [0.05, 0.1) is 0 Å². The molecule has 0 unspecified atom stereocenters. The SMILES string of the molecule is CCCC(=O)O[C@@H]1[C@H](O)[C@@H](O)[C@H](COC(C)=O)O[C@H]1O. The lowest BCUT2D eigenvalue weighted by molar-refractivity contribution is -0.291. The van der Waals surface area contributed by atoms with E-state index in [2.05, 4.69) is 4.74 Å². The Labute approximate surface area is 116 Å². The number of hydrogen-bond acceptors (Lipinski definition) is 8. The van der Waals surface area contributed by atoms with Crippen LogP contribution < -0.4 is 0 Å². The summed E-state index contributed by atoms with van der Waals surface area (Å²) in [5.41, 5.74) is 0. The third-order valence-corrected chi connectivity index (χ3v) is 2.84. The Kier molecular flexibility index (Phi) is 6.34. The maximum absolute atomic E-state index is 11.4. The summed E-state index contributed by atoms with van der Waals surface area (Å²) < 4.78 is 14.5. The van der Waals surface area contributed by atoms with Crippen molar-refractivity contribution >= 4 is 11.9 Å². The van der Waals surface area contributed by atoms with E-state index >= 15 is 0 Å². The minimum atomic E-state index is -1.60. The van der Waals surface area contributed by atoms with Crippen molar-refractivity contribution in [2.24, 2.45) is 0 Å². The van der Waals surface area contributed by atoms with Crippen LogP contribution >= 0.6 is 0 Å². The first-order valence-corrected chi connectivity index (χ1v) is 6.39. The highest BCUT2D eigenvalue weighted by molar-refractivity contribution is 5.69. The van der Waals surface area contributed by atoms with Gasteiger partial charge in [0, 0.05) is 13.3 Å². The summed E-state index contributed by atoms with van der Waals surface area (Å²) in [4.78, 5) is 22.0. The molecule has 5 atom stereocenters. The van der Waals surface area contributed by atoms with Crippen molar-refractivity contribution in [2.45, 2.75) is 57.4 Å². The van der Waals surface area contributed by atoms with Gasteiger partial charge in [0.15, 0.2) is 12.4 Å². The van der Waals surface area contributed by atoms with Gasteiger partial charge < -0.3 is 29.5 Å². The van der Waals surface area contributed by atoms with Crippen LogP contribution in [0.25, 0.3) is 0 Å². The number of aliphatic hydroxyl groups excluding tert-OH is 3. The van der Waals surface area contributed by atoms with Crippen LogP contribution in [0.2, 0.25) is 0 Å². The normalized spacial score (nSPS) is 33.5. The Morgan fingerprint density at radius 1 is 1.20 bits per heavy atom. The van der Waals surface area contributed by atoms with E-state index in [0.717, 1.165) is 0 Å². The monoisotopic (exact) mass is 292 g/mol. The summed E-state index contributed by atoms with van der Waals surface area (Å²) in [5.74, 6) is -1.19. The van der Waals surface area contributed by atoms with E-state index in [-0.39, 0.29) is 13.0 Å². The Morgan fingerprint density at radius 2 is 1.85 bits per heavy atom. The Hall–Kier alpha value is -1.22. The van der Waals surface area contributed by atoms with E-state index in [9.17, 15) is 24.9 Å². The van der Waals surface area contributed by atoms with E-state index < -0.39 is 42.6 Å². The van der Waals surface area contributed by atoms with Crippen LogP contribution in [0, 0.1) is 0 Å². The molecule has 1 rings (SSSR count). The maximum Gasteiger partial charge on any atom is 0.306 e. The molecule has 8 nitrogen and oxygen atoms in total. The second-order valence-corrected chi connectivity index (χ2v) is 4.55. The summed E-state index contributed by atoms with van der Waals surface area (Å²) in [6, 6.07) is 0. The van der Waals surface area contributed by atoms with E-state index in [1.807, 2.05) is 0 Å². The van der Waals surface area contributed by atoms with Crippen LogP contribution in [-0.2, 0) is 23.8 Å². The van der Waals surface area contributed by atoms with Crippen molar-refractivity contribution in [2.75, 3.05) is 6.61 Å². The Morgan fingerprint density at radius 3 is 2.40 bits per heavy atom. The van der Waals surface area contributed by atoms with Crippen molar-refractivity contribution in [3.05, 3.63) is 0 Å². The Balaban J connectivity index is 2.61. The number of aliphatic hydroxyl groups is 3. The molecule has 1 saturated heterocycles. The highest BCUT2D eigenvalue weighted by Crippen LogP contribution is 2.23. The highest BCUT2D eigenvalue weighted by atomic mass is 16.7. The standard InChI is InChI=1S/C12H20O8/c1-3-4-8(14)20-11-10(16)9(15)7(19-12(11)17)5-18-6(2)13/h7,9-12,15-17H,3-5H2,1-2H3/t7-,9-,10+,11+,12+/m0/s1. The van der Waals surface area contributed by atoms with Gasteiger partial charge in [-0.1, -0.05) is 6.92 Å². The van der Waals surface area contributed by atoms with Crippen LogP contribution in [0.3, 0.4) is 0 Å². The van der Waals surface area contributed by atoms with Gasteiger partial charge in [0.1, 0.15) is 24.9 Å². The lowest BCUT2D eigenvalue weighted by atomic mass is 9.99. The topological polar surface area (TPSA) is 123 Å². The summed E-state index contributed by atoms with van der Waals surface area (Å²) >= 11 is 0. The van der Waals surface area contributed by atoms with Gasteiger partial charge in [0.2, 0.25) is 0 Å².